The zero-order valence-corrected chi connectivity index (χ0v) is 24.9. The van der Waals surface area contributed by atoms with Crippen LogP contribution in [0.4, 0.5) is 16.2 Å². The van der Waals surface area contributed by atoms with Crippen molar-refractivity contribution in [3.05, 3.63) is 82.4 Å². The Morgan fingerprint density at radius 2 is 1.48 bits per heavy atom. The molecule has 5 N–H and O–H groups in total. The molecule has 0 unspecified atom stereocenters. The summed E-state index contributed by atoms with van der Waals surface area (Å²) in [6.45, 7) is 4.94. The van der Waals surface area contributed by atoms with E-state index < -0.39 is 26.1 Å². The van der Waals surface area contributed by atoms with Gasteiger partial charge in [0.25, 0.3) is 0 Å². The largest absolute Gasteiger partial charge is 0.444 e. The van der Waals surface area contributed by atoms with E-state index in [0.717, 1.165) is 40.9 Å². The van der Waals surface area contributed by atoms with Crippen LogP contribution in [-0.2, 0) is 44.2 Å². The van der Waals surface area contributed by atoms with Gasteiger partial charge in [0, 0.05) is 25.2 Å². The van der Waals surface area contributed by atoms with Gasteiger partial charge in [-0.2, -0.15) is 0 Å². The minimum absolute atomic E-state index is 0.0315. The van der Waals surface area contributed by atoms with Gasteiger partial charge in [-0.05, 0) is 66.6 Å². The average molecular weight is 609 g/mol. The third kappa shape index (κ3) is 7.52. The number of rotatable bonds is 4. The van der Waals surface area contributed by atoms with Crippen LogP contribution in [0.1, 0.15) is 27.8 Å². The van der Waals surface area contributed by atoms with Crippen LogP contribution in [0.15, 0.2) is 64.4 Å². The number of primary sulfonamides is 2. The molecule has 2 aliphatic rings. The number of fused-ring (bicyclic) bond motifs is 2. The Labute approximate surface area is 240 Å². The molecule has 216 valence electrons. The van der Waals surface area contributed by atoms with Gasteiger partial charge in [0.15, 0.2) is 0 Å². The molecule has 0 fully saturated rings. The van der Waals surface area contributed by atoms with Gasteiger partial charge in [-0.3, -0.25) is 4.90 Å². The number of aryl methyl sites for hydroxylation is 2. The number of sulfonamides is 2. The SMILES string of the molecule is CCl.Cc1cc2c(cc1S(N)(=O)=O)N(C(=O)OCc1ccccc1)CC2.Cc1cc2c(cc1S(N)(=O)=O)NCC2. The second-order valence-corrected chi connectivity index (χ2v) is 12.3. The summed E-state index contributed by atoms with van der Waals surface area (Å²) in [5.41, 5.74) is 5.69. The van der Waals surface area contributed by atoms with E-state index in [4.69, 9.17) is 15.0 Å². The predicted octanol–water partition coefficient (Wildman–Crippen LogP) is 3.81. The minimum atomic E-state index is -3.84. The molecule has 0 spiro atoms. The number of nitrogens with zero attached hydrogens (tertiary/aromatic N) is 1. The van der Waals surface area contributed by atoms with Crippen LogP contribution in [-0.4, -0.2) is 42.4 Å². The molecule has 10 nitrogen and oxygen atoms in total. The standard InChI is InChI=1S/C17H18N2O4S.C9H12N2O2S.CH3Cl/c1-12-9-14-7-8-19(15(14)10-16(12)24(18,21)22)17(20)23-11-13-5-3-2-4-6-13;1-6-4-7-2-3-11-8(7)5-9(6)14(10,12)13;1-2/h2-6,9-10H,7-8,11H2,1H3,(H2,18,21,22);4-5,11H,2-3H2,1H3,(H2,10,12,13);1H3. The van der Waals surface area contributed by atoms with Gasteiger partial charge in [-0.1, -0.05) is 42.5 Å². The van der Waals surface area contributed by atoms with E-state index >= 15 is 0 Å². The van der Waals surface area contributed by atoms with Crippen molar-refractivity contribution >= 4 is 49.1 Å². The first-order valence-corrected chi connectivity index (χ1v) is 16.1. The van der Waals surface area contributed by atoms with E-state index in [1.54, 1.807) is 26.0 Å². The van der Waals surface area contributed by atoms with E-state index in [-0.39, 0.29) is 16.4 Å². The predicted molar refractivity (Wildman–Crippen MR) is 157 cm³/mol. The Morgan fingerprint density at radius 1 is 0.900 bits per heavy atom. The lowest BCUT2D eigenvalue weighted by Crippen LogP contribution is -2.29. The first kappa shape index (κ1) is 31.4. The maximum absolute atomic E-state index is 12.4. The van der Waals surface area contributed by atoms with Crippen LogP contribution < -0.4 is 20.5 Å². The number of nitrogens with two attached hydrogens (primary N) is 2. The van der Waals surface area contributed by atoms with Crippen LogP contribution in [0.2, 0.25) is 0 Å². The number of carbonyl (C=O) groups is 1. The van der Waals surface area contributed by atoms with Crippen LogP contribution in [0.3, 0.4) is 0 Å². The molecule has 2 heterocycles. The fourth-order valence-corrected chi connectivity index (χ4v) is 6.17. The van der Waals surface area contributed by atoms with Gasteiger partial charge in [0.1, 0.15) is 6.61 Å². The van der Waals surface area contributed by atoms with Crippen molar-refractivity contribution in [3.63, 3.8) is 0 Å². The summed E-state index contributed by atoms with van der Waals surface area (Å²) in [7, 11) is -7.43. The fourth-order valence-electron chi connectivity index (χ4n) is 4.59. The summed E-state index contributed by atoms with van der Waals surface area (Å²) in [4.78, 5) is 14.0. The number of amides is 1. The molecule has 3 aromatic rings. The number of carbonyl (C=O) groups excluding carboxylic acids is 1. The first-order chi connectivity index (χ1) is 18.8. The quantitative estimate of drug-likeness (QED) is 0.379. The maximum atomic E-state index is 12.4. The number of ether oxygens (including phenoxy) is 1. The fraction of sp³-hybridized carbons (Fsp3) is 0.296. The molecule has 5 rings (SSSR count). The summed E-state index contributed by atoms with van der Waals surface area (Å²) in [6, 6.07) is 16.1. The second-order valence-electron chi connectivity index (χ2n) is 9.23. The van der Waals surface area contributed by atoms with E-state index in [9.17, 15) is 21.6 Å². The zero-order valence-electron chi connectivity index (χ0n) is 22.5. The highest BCUT2D eigenvalue weighted by atomic mass is 35.5. The zero-order chi connectivity index (χ0) is 29.7. The average Bonchev–Trinajstić information content (AvgIpc) is 3.53. The van der Waals surface area contributed by atoms with Gasteiger partial charge >= 0.3 is 6.09 Å². The molecule has 3 aromatic carbocycles. The molecular formula is C27H33ClN4O6S2. The molecule has 0 saturated carbocycles. The van der Waals surface area contributed by atoms with Crippen LogP contribution in [0, 0.1) is 13.8 Å². The number of hydrogen-bond acceptors (Lipinski definition) is 7. The van der Waals surface area contributed by atoms with Gasteiger partial charge in [-0.25, -0.2) is 31.9 Å². The Hall–Kier alpha value is -3.16. The number of alkyl halides is 1. The topological polar surface area (TPSA) is 162 Å². The van der Waals surface area contributed by atoms with Gasteiger partial charge in [0.05, 0.1) is 15.5 Å². The molecule has 1 amide bonds. The molecule has 0 aliphatic carbocycles. The highest BCUT2D eigenvalue weighted by molar-refractivity contribution is 7.89. The Bertz CT molecular complexity index is 1600. The van der Waals surface area contributed by atoms with E-state index in [2.05, 4.69) is 16.9 Å². The molecule has 13 heteroatoms. The number of halogens is 1. The summed E-state index contributed by atoms with van der Waals surface area (Å²) in [5.74, 6) is 0. The molecule has 0 atom stereocenters. The first-order valence-electron chi connectivity index (χ1n) is 12.3. The molecular weight excluding hydrogens is 576 g/mol. The van der Waals surface area contributed by atoms with E-state index in [1.165, 1.54) is 17.3 Å². The van der Waals surface area contributed by atoms with Crippen molar-refractivity contribution in [3.8, 4) is 0 Å². The van der Waals surface area contributed by atoms with Crippen molar-refractivity contribution in [1.29, 1.82) is 0 Å². The van der Waals surface area contributed by atoms with Crippen LogP contribution in [0.5, 0.6) is 0 Å². The van der Waals surface area contributed by atoms with Crippen LogP contribution in [0.25, 0.3) is 0 Å². The molecule has 2 aliphatic heterocycles. The van der Waals surface area contributed by atoms with Crippen molar-refractivity contribution in [2.45, 2.75) is 43.1 Å². The number of anilines is 2. The van der Waals surface area contributed by atoms with E-state index in [1.807, 2.05) is 36.4 Å². The van der Waals surface area contributed by atoms with Gasteiger partial charge in [-0.15, -0.1) is 11.6 Å². The number of hydrogen-bond donors (Lipinski definition) is 3. The molecule has 0 bridgehead atoms. The molecule has 0 aromatic heterocycles. The van der Waals surface area contributed by atoms with Crippen molar-refractivity contribution < 1.29 is 26.4 Å². The van der Waals surface area contributed by atoms with Crippen molar-refractivity contribution in [2.24, 2.45) is 10.3 Å². The Kier molecular flexibility index (Phi) is 10.2. The van der Waals surface area contributed by atoms with Crippen molar-refractivity contribution in [2.75, 3.05) is 29.7 Å². The van der Waals surface area contributed by atoms with E-state index in [0.29, 0.717) is 24.2 Å². The Morgan fingerprint density at radius 3 is 2.08 bits per heavy atom. The summed E-state index contributed by atoms with van der Waals surface area (Å²) in [5, 5.41) is 13.5. The van der Waals surface area contributed by atoms with Gasteiger partial charge < -0.3 is 10.1 Å². The lowest BCUT2D eigenvalue weighted by Gasteiger charge is -2.18. The highest BCUT2D eigenvalue weighted by Crippen LogP contribution is 2.33. The number of benzene rings is 3. The minimum Gasteiger partial charge on any atom is -0.444 e. The maximum Gasteiger partial charge on any atom is 0.414 e. The highest BCUT2D eigenvalue weighted by Gasteiger charge is 2.28. The summed E-state index contributed by atoms with van der Waals surface area (Å²) >= 11 is 4.64. The third-order valence-electron chi connectivity index (χ3n) is 6.42. The molecule has 40 heavy (non-hydrogen) atoms. The third-order valence-corrected chi connectivity index (χ3v) is 8.53. The molecule has 0 radical (unpaired) electrons. The molecule has 0 saturated heterocycles. The Balaban J connectivity index is 0.000000234. The smallest absolute Gasteiger partial charge is 0.414 e. The van der Waals surface area contributed by atoms with Gasteiger partial charge in [0.2, 0.25) is 20.0 Å². The summed E-state index contributed by atoms with van der Waals surface area (Å²) < 4.78 is 51.1. The van der Waals surface area contributed by atoms with Crippen molar-refractivity contribution in [1.82, 2.24) is 0 Å². The van der Waals surface area contributed by atoms with Crippen LogP contribution >= 0.6 is 11.6 Å². The lowest BCUT2D eigenvalue weighted by molar-refractivity contribution is 0.147. The monoisotopic (exact) mass is 608 g/mol. The number of nitrogens with one attached hydrogen (secondary N) is 1. The normalized spacial score (nSPS) is 13.6. The second kappa shape index (κ2) is 13.0. The summed E-state index contributed by atoms with van der Waals surface area (Å²) in [6.07, 6.45) is 2.57. The lowest BCUT2D eigenvalue weighted by atomic mass is 10.1.